The minimum atomic E-state index is 0.878. The van der Waals surface area contributed by atoms with Crippen molar-refractivity contribution < 1.29 is 8.83 Å². The van der Waals surface area contributed by atoms with E-state index in [1.807, 2.05) is 30.3 Å². The highest BCUT2D eigenvalue weighted by atomic mass is 16.3. The fraction of sp³-hybridized carbons (Fsp3) is 0. The van der Waals surface area contributed by atoms with E-state index in [2.05, 4.69) is 175 Å². The highest BCUT2D eigenvalue weighted by molar-refractivity contribution is 6.12. The molecule has 3 heteroatoms. The second kappa shape index (κ2) is 12.6. The average molecular weight is 704 g/mol. The molecular formula is C52H33NO2. The molecule has 0 radical (unpaired) electrons. The smallest absolute Gasteiger partial charge is 0.136 e. The van der Waals surface area contributed by atoms with Crippen LogP contribution in [0.25, 0.3) is 88.0 Å². The van der Waals surface area contributed by atoms with Crippen molar-refractivity contribution in [2.24, 2.45) is 0 Å². The van der Waals surface area contributed by atoms with E-state index in [1.54, 1.807) is 0 Å². The van der Waals surface area contributed by atoms with Crippen LogP contribution in [0.3, 0.4) is 0 Å². The number of benzene rings is 9. The third-order valence-corrected chi connectivity index (χ3v) is 10.9. The molecule has 0 atom stereocenters. The van der Waals surface area contributed by atoms with E-state index in [0.29, 0.717) is 0 Å². The minimum Gasteiger partial charge on any atom is -0.456 e. The van der Waals surface area contributed by atoms with Gasteiger partial charge in [-0.05, 0) is 105 Å². The molecule has 0 unspecified atom stereocenters. The highest BCUT2D eigenvalue weighted by Crippen LogP contribution is 2.42. The summed E-state index contributed by atoms with van der Waals surface area (Å²) >= 11 is 0. The van der Waals surface area contributed by atoms with Crippen molar-refractivity contribution in [1.82, 2.24) is 0 Å². The molecule has 0 fully saturated rings. The van der Waals surface area contributed by atoms with Gasteiger partial charge in [-0.3, -0.25) is 0 Å². The molecule has 0 aliphatic heterocycles. The van der Waals surface area contributed by atoms with E-state index in [4.69, 9.17) is 8.83 Å². The molecule has 0 spiro atoms. The van der Waals surface area contributed by atoms with Crippen molar-refractivity contribution in [2.75, 3.05) is 4.90 Å². The molecule has 0 N–H and O–H groups in total. The first-order chi connectivity index (χ1) is 27.2. The first-order valence-corrected chi connectivity index (χ1v) is 18.7. The lowest BCUT2D eigenvalue weighted by molar-refractivity contribution is 0.668. The Kier molecular flexibility index (Phi) is 7.17. The zero-order chi connectivity index (χ0) is 36.3. The number of hydrogen-bond acceptors (Lipinski definition) is 3. The molecule has 258 valence electrons. The van der Waals surface area contributed by atoms with Crippen molar-refractivity contribution in [2.45, 2.75) is 0 Å². The molecule has 9 aromatic carbocycles. The summed E-state index contributed by atoms with van der Waals surface area (Å²) in [4.78, 5) is 2.33. The van der Waals surface area contributed by atoms with E-state index < -0.39 is 0 Å². The van der Waals surface area contributed by atoms with Gasteiger partial charge in [0.1, 0.15) is 22.3 Å². The Morgan fingerprint density at radius 3 is 1.53 bits per heavy atom. The zero-order valence-corrected chi connectivity index (χ0v) is 29.8. The van der Waals surface area contributed by atoms with Crippen LogP contribution in [0.2, 0.25) is 0 Å². The van der Waals surface area contributed by atoms with Gasteiger partial charge >= 0.3 is 0 Å². The van der Waals surface area contributed by atoms with E-state index in [1.165, 1.54) is 33.0 Å². The number of nitrogens with zero attached hydrogens (tertiary/aromatic N) is 1. The van der Waals surface area contributed by atoms with Gasteiger partial charge in [-0.25, -0.2) is 0 Å². The first kappa shape index (κ1) is 31.2. The molecule has 2 aromatic heterocycles. The van der Waals surface area contributed by atoms with Gasteiger partial charge in [0.2, 0.25) is 0 Å². The Hall–Kier alpha value is -7.36. The second-order valence-electron chi connectivity index (χ2n) is 14.1. The van der Waals surface area contributed by atoms with Gasteiger partial charge in [0.25, 0.3) is 0 Å². The molecule has 0 aliphatic rings. The molecule has 2 heterocycles. The third-order valence-electron chi connectivity index (χ3n) is 10.9. The van der Waals surface area contributed by atoms with Gasteiger partial charge in [0.15, 0.2) is 0 Å². The molecule has 55 heavy (non-hydrogen) atoms. The largest absolute Gasteiger partial charge is 0.456 e. The lowest BCUT2D eigenvalue weighted by atomic mass is 9.96. The summed E-state index contributed by atoms with van der Waals surface area (Å²) in [5, 5.41) is 6.99. The van der Waals surface area contributed by atoms with E-state index in [9.17, 15) is 0 Å². The molecular weight excluding hydrogens is 671 g/mol. The van der Waals surface area contributed by atoms with Gasteiger partial charge in [-0.1, -0.05) is 140 Å². The summed E-state index contributed by atoms with van der Waals surface area (Å²) in [6.45, 7) is 0. The van der Waals surface area contributed by atoms with Crippen molar-refractivity contribution in [1.29, 1.82) is 0 Å². The molecule has 0 aliphatic carbocycles. The molecule has 0 saturated heterocycles. The molecule has 0 amide bonds. The van der Waals surface area contributed by atoms with Crippen LogP contribution in [0.15, 0.2) is 209 Å². The third kappa shape index (κ3) is 5.28. The van der Waals surface area contributed by atoms with Crippen LogP contribution in [-0.2, 0) is 0 Å². The van der Waals surface area contributed by atoms with Crippen LogP contribution in [0, 0.1) is 0 Å². The number of rotatable bonds is 6. The maximum absolute atomic E-state index is 6.22. The van der Waals surface area contributed by atoms with Gasteiger partial charge in [0, 0.05) is 38.6 Å². The second-order valence-corrected chi connectivity index (χ2v) is 14.1. The van der Waals surface area contributed by atoms with Gasteiger partial charge < -0.3 is 13.7 Å². The quantitative estimate of drug-likeness (QED) is 0.173. The molecule has 11 rings (SSSR count). The Morgan fingerprint density at radius 2 is 0.764 bits per heavy atom. The molecule has 11 aromatic rings. The molecule has 0 saturated carbocycles. The fourth-order valence-corrected chi connectivity index (χ4v) is 8.23. The number of fused-ring (bicyclic) bond motifs is 7. The predicted octanol–water partition coefficient (Wildman–Crippen LogP) is 15.1. The van der Waals surface area contributed by atoms with Gasteiger partial charge in [-0.2, -0.15) is 0 Å². The summed E-state index contributed by atoms with van der Waals surface area (Å²) < 4.78 is 12.4. The SMILES string of the molecule is c1ccc2c(-c3ccc(-c4ccc(N(c5ccc(-c6cccc7oc8ccccc8c67)cc5)c5ccc6oc7ccccc7c6c5)cc4)cc3)cccc2c1. The number of anilines is 3. The minimum absolute atomic E-state index is 0.878. The van der Waals surface area contributed by atoms with Crippen LogP contribution in [-0.4, -0.2) is 0 Å². The number of hydrogen-bond donors (Lipinski definition) is 0. The van der Waals surface area contributed by atoms with E-state index >= 15 is 0 Å². The maximum atomic E-state index is 6.22. The highest BCUT2D eigenvalue weighted by Gasteiger charge is 2.18. The summed E-state index contributed by atoms with van der Waals surface area (Å²) in [6, 6.07) is 71.1. The average Bonchev–Trinajstić information content (AvgIpc) is 3.83. The summed E-state index contributed by atoms with van der Waals surface area (Å²) in [7, 11) is 0. The summed E-state index contributed by atoms with van der Waals surface area (Å²) in [5.74, 6) is 0. The van der Waals surface area contributed by atoms with Gasteiger partial charge in [-0.15, -0.1) is 0 Å². The Labute approximate surface area is 317 Å². The van der Waals surface area contributed by atoms with E-state index in [-0.39, 0.29) is 0 Å². The van der Waals surface area contributed by atoms with Crippen LogP contribution in [0.1, 0.15) is 0 Å². The lowest BCUT2D eigenvalue weighted by Gasteiger charge is -2.26. The standard InChI is InChI=1S/C52H33NO2/c1-2-11-42-36(9-1)10-7-14-43(42)37-21-19-34(20-22-37)35-23-27-39(28-24-35)53(41-31-32-50-47(33-41)45-12-3-5-16-48(45)54-50)40-29-25-38(26-30-40)44-15-8-18-51-52(44)46-13-4-6-17-49(46)55-51/h1-33H. The van der Waals surface area contributed by atoms with Gasteiger partial charge in [0.05, 0.1) is 0 Å². The van der Waals surface area contributed by atoms with E-state index in [0.717, 1.165) is 72.1 Å². The predicted molar refractivity (Wildman–Crippen MR) is 229 cm³/mol. The van der Waals surface area contributed by atoms with Crippen LogP contribution >= 0.6 is 0 Å². The zero-order valence-electron chi connectivity index (χ0n) is 29.8. The molecule has 3 nitrogen and oxygen atoms in total. The Balaban J connectivity index is 0.984. The van der Waals surface area contributed by atoms with Crippen LogP contribution in [0.5, 0.6) is 0 Å². The Bertz CT molecular complexity index is 3180. The van der Waals surface area contributed by atoms with Crippen LogP contribution in [0.4, 0.5) is 17.1 Å². The fourth-order valence-electron chi connectivity index (χ4n) is 8.23. The summed E-state index contributed by atoms with van der Waals surface area (Å²) in [5.41, 5.74) is 13.9. The Morgan fingerprint density at radius 1 is 0.291 bits per heavy atom. The number of furan rings is 2. The maximum Gasteiger partial charge on any atom is 0.136 e. The summed E-state index contributed by atoms with van der Waals surface area (Å²) in [6.07, 6.45) is 0. The number of para-hydroxylation sites is 2. The topological polar surface area (TPSA) is 29.5 Å². The lowest BCUT2D eigenvalue weighted by Crippen LogP contribution is -2.09. The molecule has 0 bridgehead atoms. The first-order valence-electron chi connectivity index (χ1n) is 18.7. The normalized spacial score (nSPS) is 11.6. The van der Waals surface area contributed by atoms with Crippen molar-refractivity contribution in [3.05, 3.63) is 200 Å². The van der Waals surface area contributed by atoms with Crippen molar-refractivity contribution in [3.8, 4) is 33.4 Å². The van der Waals surface area contributed by atoms with Crippen molar-refractivity contribution >= 4 is 71.7 Å². The van der Waals surface area contributed by atoms with Crippen molar-refractivity contribution in [3.63, 3.8) is 0 Å². The van der Waals surface area contributed by atoms with Crippen LogP contribution < -0.4 is 4.90 Å². The monoisotopic (exact) mass is 703 g/mol.